The highest BCUT2D eigenvalue weighted by molar-refractivity contribution is 7.99. The molecule has 2 rings (SSSR count). The molecule has 1 aromatic heterocycles. The summed E-state index contributed by atoms with van der Waals surface area (Å²) in [5.41, 5.74) is 2.55. The molecular weight excluding hydrogens is 298 g/mol. The number of hydrogen-bond donors (Lipinski definition) is 0. The second-order valence-corrected chi connectivity index (χ2v) is 6.98. The summed E-state index contributed by atoms with van der Waals surface area (Å²) in [6.45, 7) is 5.63. The van der Waals surface area contributed by atoms with Crippen molar-refractivity contribution in [2.24, 2.45) is 0 Å². The second-order valence-electron chi connectivity index (χ2n) is 4.97. The monoisotopic (exact) mass is 319 g/mol. The van der Waals surface area contributed by atoms with Gasteiger partial charge in [0.1, 0.15) is 0 Å². The van der Waals surface area contributed by atoms with E-state index < -0.39 is 0 Å². The maximum atomic E-state index is 12.3. The van der Waals surface area contributed by atoms with Crippen LogP contribution in [0.2, 0.25) is 0 Å². The molecule has 0 aliphatic carbocycles. The average molecular weight is 319 g/mol. The molecule has 0 aliphatic heterocycles. The molecule has 0 saturated heterocycles. The van der Waals surface area contributed by atoms with E-state index in [0.29, 0.717) is 5.75 Å². The molecule has 0 unspecified atom stereocenters. The topological polar surface area (TPSA) is 20.3 Å². The minimum atomic E-state index is 0.225. The number of thiophene rings is 1. The number of aryl methyl sites for hydroxylation is 1. The Morgan fingerprint density at radius 2 is 2.00 bits per heavy atom. The van der Waals surface area contributed by atoms with Crippen molar-refractivity contribution in [2.45, 2.75) is 26.1 Å². The molecule has 0 fully saturated rings. The van der Waals surface area contributed by atoms with Gasteiger partial charge in [-0.3, -0.25) is 4.79 Å². The molecule has 1 amide bonds. The van der Waals surface area contributed by atoms with Crippen molar-refractivity contribution >= 4 is 29.0 Å². The van der Waals surface area contributed by atoms with Crippen molar-refractivity contribution in [2.75, 3.05) is 12.3 Å². The van der Waals surface area contributed by atoms with E-state index >= 15 is 0 Å². The van der Waals surface area contributed by atoms with E-state index in [1.165, 1.54) is 16.0 Å². The molecule has 1 heterocycles. The lowest BCUT2D eigenvalue weighted by Crippen LogP contribution is -2.31. The Balaban J connectivity index is 1.78. The fourth-order valence-electron chi connectivity index (χ4n) is 2.00. The molecule has 0 N–H and O–H groups in total. The molecule has 1 aromatic carbocycles. The van der Waals surface area contributed by atoms with Gasteiger partial charge in [-0.15, -0.1) is 23.1 Å². The van der Waals surface area contributed by atoms with Crippen molar-refractivity contribution in [1.29, 1.82) is 0 Å². The lowest BCUT2D eigenvalue weighted by Gasteiger charge is -2.20. The fourth-order valence-corrected chi connectivity index (χ4v) is 3.61. The van der Waals surface area contributed by atoms with Crippen LogP contribution in [0.15, 0.2) is 41.8 Å². The number of carbonyl (C=O) groups excluding carboxylic acids is 1. The summed E-state index contributed by atoms with van der Waals surface area (Å²) >= 11 is 3.39. The van der Waals surface area contributed by atoms with Gasteiger partial charge in [-0.1, -0.05) is 35.9 Å². The van der Waals surface area contributed by atoms with Gasteiger partial charge in [-0.2, -0.15) is 0 Å². The van der Waals surface area contributed by atoms with Crippen LogP contribution in [-0.2, 0) is 17.1 Å². The van der Waals surface area contributed by atoms with Crippen LogP contribution in [0.5, 0.6) is 0 Å². The van der Waals surface area contributed by atoms with Crippen LogP contribution >= 0.6 is 23.1 Å². The Morgan fingerprint density at radius 1 is 1.24 bits per heavy atom. The molecule has 0 aliphatic rings. The van der Waals surface area contributed by atoms with Crippen LogP contribution < -0.4 is 0 Å². The number of nitrogens with zero attached hydrogens (tertiary/aromatic N) is 1. The van der Waals surface area contributed by atoms with E-state index in [1.807, 2.05) is 17.9 Å². The zero-order valence-corrected chi connectivity index (χ0v) is 14.2. The van der Waals surface area contributed by atoms with Crippen LogP contribution in [0.25, 0.3) is 0 Å². The lowest BCUT2D eigenvalue weighted by atomic mass is 10.2. The SMILES string of the molecule is CCN(Cc1cccs1)C(=O)CSCc1ccc(C)cc1. The molecule has 0 radical (unpaired) electrons. The zero-order chi connectivity index (χ0) is 15.1. The van der Waals surface area contributed by atoms with Crippen molar-refractivity contribution in [1.82, 2.24) is 4.90 Å². The summed E-state index contributed by atoms with van der Waals surface area (Å²) in [4.78, 5) is 15.4. The fraction of sp³-hybridized carbons (Fsp3) is 0.353. The second kappa shape index (κ2) is 8.25. The van der Waals surface area contributed by atoms with Crippen LogP contribution in [-0.4, -0.2) is 23.1 Å². The number of hydrogen-bond acceptors (Lipinski definition) is 3. The minimum Gasteiger partial charge on any atom is -0.337 e. The van der Waals surface area contributed by atoms with Gasteiger partial charge in [0, 0.05) is 17.2 Å². The van der Waals surface area contributed by atoms with Crippen LogP contribution in [0, 0.1) is 6.92 Å². The number of benzene rings is 1. The maximum Gasteiger partial charge on any atom is 0.232 e. The first kappa shape index (κ1) is 16.1. The van der Waals surface area contributed by atoms with Crippen molar-refractivity contribution in [3.8, 4) is 0 Å². The van der Waals surface area contributed by atoms with Gasteiger partial charge >= 0.3 is 0 Å². The Morgan fingerprint density at radius 3 is 2.62 bits per heavy atom. The van der Waals surface area contributed by atoms with Crippen LogP contribution in [0.4, 0.5) is 0 Å². The number of carbonyl (C=O) groups is 1. The smallest absolute Gasteiger partial charge is 0.232 e. The first-order valence-corrected chi connectivity index (χ1v) is 9.16. The molecule has 2 aromatic rings. The molecule has 2 nitrogen and oxygen atoms in total. The quantitative estimate of drug-likeness (QED) is 0.756. The molecule has 4 heteroatoms. The first-order chi connectivity index (χ1) is 10.2. The van der Waals surface area contributed by atoms with Crippen LogP contribution in [0.1, 0.15) is 22.9 Å². The van der Waals surface area contributed by atoms with Gasteiger partial charge in [0.05, 0.1) is 12.3 Å². The van der Waals surface area contributed by atoms with E-state index in [4.69, 9.17) is 0 Å². The third-order valence-electron chi connectivity index (χ3n) is 3.28. The molecule has 21 heavy (non-hydrogen) atoms. The normalized spacial score (nSPS) is 10.6. The van der Waals surface area contributed by atoms with Crippen molar-refractivity contribution in [3.05, 3.63) is 57.8 Å². The first-order valence-electron chi connectivity index (χ1n) is 7.12. The van der Waals surface area contributed by atoms with E-state index in [2.05, 4.69) is 42.6 Å². The van der Waals surface area contributed by atoms with Crippen molar-refractivity contribution in [3.63, 3.8) is 0 Å². The molecule has 112 valence electrons. The zero-order valence-electron chi connectivity index (χ0n) is 12.5. The van der Waals surface area contributed by atoms with Gasteiger partial charge in [0.15, 0.2) is 0 Å². The number of thioether (sulfide) groups is 1. The summed E-state index contributed by atoms with van der Waals surface area (Å²) in [5, 5.41) is 2.06. The highest BCUT2D eigenvalue weighted by atomic mass is 32.2. The van der Waals surface area contributed by atoms with Gasteiger partial charge in [0.2, 0.25) is 5.91 Å². The van der Waals surface area contributed by atoms with Crippen LogP contribution in [0.3, 0.4) is 0 Å². The van der Waals surface area contributed by atoms with Gasteiger partial charge in [-0.05, 0) is 30.9 Å². The summed E-state index contributed by atoms with van der Waals surface area (Å²) in [6.07, 6.45) is 0. The largest absolute Gasteiger partial charge is 0.337 e. The highest BCUT2D eigenvalue weighted by Crippen LogP contribution is 2.16. The Labute approximate surface area is 135 Å². The van der Waals surface area contributed by atoms with Crippen molar-refractivity contribution < 1.29 is 4.79 Å². The maximum absolute atomic E-state index is 12.3. The summed E-state index contributed by atoms with van der Waals surface area (Å²) in [6, 6.07) is 12.6. The summed E-state index contributed by atoms with van der Waals surface area (Å²) in [7, 11) is 0. The molecular formula is C17H21NOS2. The number of rotatable bonds is 7. The summed E-state index contributed by atoms with van der Waals surface area (Å²) < 4.78 is 0. The van der Waals surface area contributed by atoms with Gasteiger partial charge in [0.25, 0.3) is 0 Å². The Kier molecular flexibility index (Phi) is 6.33. The van der Waals surface area contributed by atoms with E-state index in [1.54, 1.807) is 23.1 Å². The molecule has 0 bridgehead atoms. The Bertz CT molecular complexity index is 549. The predicted octanol–water partition coefficient (Wildman–Crippen LogP) is 4.34. The molecule has 0 spiro atoms. The van der Waals surface area contributed by atoms with E-state index in [9.17, 15) is 4.79 Å². The predicted molar refractivity (Wildman–Crippen MR) is 92.8 cm³/mol. The minimum absolute atomic E-state index is 0.225. The van der Waals surface area contributed by atoms with E-state index in [-0.39, 0.29) is 5.91 Å². The molecule has 0 atom stereocenters. The van der Waals surface area contributed by atoms with E-state index in [0.717, 1.165) is 18.8 Å². The Hall–Kier alpha value is -1.26. The third kappa shape index (κ3) is 5.21. The third-order valence-corrected chi connectivity index (χ3v) is 5.13. The summed E-state index contributed by atoms with van der Waals surface area (Å²) in [5.74, 6) is 1.67. The highest BCUT2D eigenvalue weighted by Gasteiger charge is 2.12. The lowest BCUT2D eigenvalue weighted by molar-refractivity contribution is -0.128. The number of amides is 1. The van der Waals surface area contributed by atoms with Gasteiger partial charge < -0.3 is 4.90 Å². The average Bonchev–Trinajstić information content (AvgIpc) is 2.99. The molecule has 0 saturated carbocycles. The van der Waals surface area contributed by atoms with Gasteiger partial charge in [-0.25, -0.2) is 0 Å². The standard InChI is InChI=1S/C17H21NOS2/c1-3-18(11-16-5-4-10-21-16)17(19)13-20-12-15-8-6-14(2)7-9-15/h4-10H,3,11-13H2,1-2H3.